The molecule has 0 saturated heterocycles. The van der Waals surface area contributed by atoms with Gasteiger partial charge >= 0.3 is 6.09 Å². The van der Waals surface area contributed by atoms with Gasteiger partial charge in [-0.05, 0) is 26.8 Å². The van der Waals surface area contributed by atoms with Crippen LogP contribution in [0.5, 0.6) is 5.75 Å². The maximum absolute atomic E-state index is 13.5. The minimum Gasteiger partial charge on any atom is -0.496 e. The van der Waals surface area contributed by atoms with Gasteiger partial charge in [0.25, 0.3) is 0 Å². The van der Waals surface area contributed by atoms with Crippen molar-refractivity contribution in [2.75, 3.05) is 13.7 Å². The highest BCUT2D eigenvalue weighted by atomic mass is 35.5. The van der Waals surface area contributed by atoms with Gasteiger partial charge in [0.2, 0.25) is 0 Å². The van der Waals surface area contributed by atoms with E-state index in [1.54, 1.807) is 6.07 Å². The van der Waals surface area contributed by atoms with Crippen LogP contribution in [0.2, 0.25) is 5.02 Å². The molecule has 1 amide bonds. The zero-order chi connectivity index (χ0) is 17.2. The lowest BCUT2D eigenvalue weighted by molar-refractivity contribution is 0.0520. The van der Waals surface area contributed by atoms with E-state index in [9.17, 15) is 9.18 Å². The molecule has 1 aromatic rings. The van der Waals surface area contributed by atoms with Crippen LogP contribution in [0.3, 0.4) is 0 Å². The number of rotatable bonds is 4. The molecule has 6 heteroatoms. The van der Waals surface area contributed by atoms with Crippen LogP contribution in [0, 0.1) is 11.7 Å². The summed E-state index contributed by atoms with van der Waals surface area (Å²) in [5, 5.41) is 2.80. The molecule has 2 atom stereocenters. The molecule has 0 spiro atoms. The molecule has 2 rings (SSSR count). The van der Waals surface area contributed by atoms with Crippen LogP contribution in [-0.2, 0) is 4.74 Å². The quantitative estimate of drug-likeness (QED) is 0.831. The van der Waals surface area contributed by atoms with E-state index in [0.29, 0.717) is 12.3 Å². The highest BCUT2D eigenvalue weighted by Gasteiger charge is 2.30. The molecule has 0 heterocycles. The van der Waals surface area contributed by atoms with Gasteiger partial charge in [0, 0.05) is 30.0 Å². The van der Waals surface area contributed by atoms with Crippen molar-refractivity contribution in [2.24, 2.45) is 5.92 Å². The van der Waals surface area contributed by atoms with Crippen molar-refractivity contribution in [2.45, 2.75) is 32.3 Å². The summed E-state index contributed by atoms with van der Waals surface area (Å²) in [6, 6.07) is 2.85. The first-order valence-electron chi connectivity index (χ1n) is 7.39. The van der Waals surface area contributed by atoms with Crippen molar-refractivity contribution < 1.29 is 18.7 Å². The summed E-state index contributed by atoms with van der Waals surface area (Å²) in [5.41, 5.74) is 0.268. The largest absolute Gasteiger partial charge is 0.496 e. The maximum Gasteiger partial charge on any atom is 0.407 e. The number of carbonyl (C=O) groups is 1. The lowest BCUT2D eigenvalue weighted by Gasteiger charge is -2.31. The highest BCUT2D eigenvalue weighted by Crippen LogP contribution is 2.41. The molecule has 1 aromatic carbocycles. The van der Waals surface area contributed by atoms with Crippen LogP contribution in [0.4, 0.5) is 9.18 Å². The zero-order valence-corrected chi connectivity index (χ0v) is 14.4. The summed E-state index contributed by atoms with van der Waals surface area (Å²) < 4.78 is 24.0. The molecule has 23 heavy (non-hydrogen) atoms. The number of amides is 1. The number of alkyl carbamates (subject to hydrolysis) is 1. The van der Waals surface area contributed by atoms with Gasteiger partial charge in [0.1, 0.15) is 17.2 Å². The number of hydrogen-bond acceptors (Lipinski definition) is 3. The number of ether oxygens (including phenoxy) is 2. The van der Waals surface area contributed by atoms with Gasteiger partial charge in [-0.1, -0.05) is 23.8 Å². The monoisotopic (exact) mass is 341 g/mol. The molecule has 0 saturated carbocycles. The van der Waals surface area contributed by atoms with Gasteiger partial charge < -0.3 is 14.8 Å². The fourth-order valence-corrected chi connectivity index (χ4v) is 2.58. The summed E-state index contributed by atoms with van der Waals surface area (Å²) in [6.07, 6.45) is 3.51. The molecule has 0 bridgehead atoms. The molecule has 0 radical (unpaired) electrons. The molecule has 0 aromatic heterocycles. The first-order valence-corrected chi connectivity index (χ1v) is 7.77. The number of hydrogen-bond donors (Lipinski definition) is 1. The molecule has 4 nitrogen and oxygen atoms in total. The first kappa shape index (κ1) is 17.6. The molecular weight excluding hydrogens is 321 g/mol. The first-order chi connectivity index (χ1) is 10.7. The summed E-state index contributed by atoms with van der Waals surface area (Å²) >= 11 is 5.87. The Morgan fingerprint density at radius 1 is 1.35 bits per heavy atom. The normalized spacial score (nSPS) is 19.9. The van der Waals surface area contributed by atoms with Crippen LogP contribution in [0.15, 0.2) is 24.3 Å². The Morgan fingerprint density at radius 2 is 2.04 bits per heavy atom. The van der Waals surface area contributed by atoms with Crippen LogP contribution < -0.4 is 10.1 Å². The standard InChI is InChI=1S/C17H21ClFNO3/c1-17(2,3)23-16(21)20-9-10-5-6-11(10)12-7-13(18)14(19)8-15(12)22-4/h5-8,10-11H,9H2,1-4H3,(H,20,21)/t10-,11+/m0/s1. The number of allylic oxidation sites excluding steroid dienone is 1. The van der Waals surface area contributed by atoms with Gasteiger partial charge in [-0.25, -0.2) is 9.18 Å². The molecule has 0 unspecified atom stereocenters. The SMILES string of the molecule is COc1cc(F)c(Cl)cc1[C@@H]1C=C[C@H]1CNC(=O)OC(C)(C)C. The van der Waals surface area contributed by atoms with Crippen molar-refractivity contribution >= 4 is 17.7 Å². The molecule has 0 fully saturated rings. The Balaban J connectivity index is 2.02. The minimum absolute atomic E-state index is 0.0120. The third-order valence-electron chi connectivity index (χ3n) is 3.54. The zero-order valence-electron chi connectivity index (χ0n) is 13.7. The third-order valence-corrected chi connectivity index (χ3v) is 3.83. The smallest absolute Gasteiger partial charge is 0.407 e. The van der Waals surface area contributed by atoms with E-state index in [2.05, 4.69) is 5.32 Å². The van der Waals surface area contributed by atoms with E-state index in [1.165, 1.54) is 13.2 Å². The van der Waals surface area contributed by atoms with E-state index >= 15 is 0 Å². The lowest BCUT2D eigenvalue weighted by Crippen LogP contribution is -2.37. The molecule has 1 aliphatic rings. The van der Waals surface area contributed by atoms with Gasteiger partial charge in [0.05, 0.1) is 12.1 Å². The lowest BCUT2D eigenvalue weighted by atomic mass is 9.77. The molecule has 1 aliphatic carbocycles. The number of methoxy groups -OCH3 is 1. The minimum atomic E-state index is -0.535. The molecule has 0 aliphatic heterocycles. The van der Waals surface area contributed by atoms with Crippen LogP contribution in [0.1, 0.15) is 32.3 Å². The van der Waals surface area contributed by atoms with Crippen LogP contribution in [0.25, 0.3) is 0 Å². The van der Waals surface area contributed by atoms with Crippen molar-refractivity contribution in [3.63, 3.8) is 0 Å². The molecule has 1 N–H and O–H groups in total. The van der Waals surface area contributed by atoms with E-state index in [1.807, 2.05) is 32.9 Å². The maximum atomic E-state index is 13.5. The Labute approximate surface area is 140 Å². The predicted molar refractivity (Wildman–Crippen MR) is 87.6 cm³/mol. The number of halogens is 2. The van der Waals surface area contributed by atoms with Crippen LogP contribution >= 0.6 is 11.6 Å². The highest BCUT2D eigenvalue weighted by molar-refractivity contribution is 6.30. The van der Waals surface area contributed by atoms with Crippen molar-refractivity contribution in [3.05, 3.63) is 40.7 Å². The second kappa shape index (κ2) is 6.79. The summed E-state index contributed by atoms with van der Waals surface area (Å²) in [5.74, 6) is 0.0263. The van der Waals surface area contributed by atoms with Crippen molar-refractivity contribution in [1.29, 1.82) is 0 Å². The van der Waals surface area contributed by atoms with Gasteiger partial charge in [0.15, 0.2) is 0 Å². The van der Waals surface area contributed by atoms with Gasteiger partial charge in [-0.3, -0.25) is 0 Å². The average molecular weight is 342 g/mol. The molecule has 126 valence electrons. The Bertz CT molecular complexity index is 625. The van der Waals surface area contributed by atoms with Gasteiger partial charge in [-0.15, -0.1) is 0 Å². The van der Waals surface area contributed by atoms with E-state index in [-0.39, 0.29) is 16.9 Å². The number of nitrogens with one attached hydrogen (secondary N) is 1. The Morgan fingerprint density at radius 3 is 2.57 bits per heavy atom. The second-order valence-corrected chi connectivity index (χ2v) is 6.87. The van der Waals surface area contributed by atoms with Gasteiger partial charge in [-0.2, -0.15) is 0 Å². The summed E-state index contributed by atoms with van der Waals surface area (Å²) in [7, 11) is 1.49. The topological polar surface area (TPSA) is 47.6 Å². The summed E-state index contributed by atoms with van der Waals surface area (Å²) in [6.45, 7) is 5.85. The number of benzene rings is 1. The fraction of sp³-hybridized carbons (Fsp3) is 0.471. The summed E-state index contributed by atoms with van der Waals surface area (Å²) in [4.78, 5) is 11.7. The van der Waals surface area contributed by atoms with Crippen LogP contribution in [-0.4, -0.2) is 25.3 Å². The van der Waals surface area contributed by atoms with Crippen molar-refractivity contribution in [3.8, 4) is 5.75 Å². The Kier molecular flexibility index (Phi) is 5.19. The predicted octanol–water partition coefficient (Wildman–Crippen LogP) is 4.28. The van der Waals surface area contributed by atoms with E-state index in [4.69, 9.17) is 21.1 Å². The average Bonchev–Trinajstić information content (AvgIpc) is 2.39. The fourth-order valence-electron chi connectivity index (χ4n) is 2.41. The molecular formula is C17H21ClFNO3. The third kappa shape index (κ3) is 4.38. The van der Waals surface area contributed by atoms with E-state index < -0.39 is 17.5 Å². The Hall–Kier alpha value is -1.75. The van der Waals surface area contributed by atoms with Crippen molar-refractivity contribution in [1.82, 2.24) is 5.32 Å². The van der Waals surface area contributed by atoms with E-state index in [0.717, 1.165) is 5.56 Å². The second-order valence-electron chi connectivity index (χ2n) is 6.47. The number of carbonyl (C=O) groups excluding carboxylic acids is 1.